The molecule has 3 aromatic rings. The van der Waals surface area contributed by atoms with E-state index in [-0.39, 0.29) is 17.1 Å². The predicted molar refractivity (Wildman–Crippen MR) is 103 cm³/mol. The van der Waals surface area contributed by atoms with Crippen LogP contribution in [-0.4, -0.2) is 20.5 Å². The van der Waals surface area contributed by atoms with Gasteiger partial charge in [-0.15, -0.1) is 11.3 Å². The molecule has 0 spiro atoms. The predicted octanol–water partition coefficient (Wildman–Crippen LogP) is 4.04. The Bertz CT molecular complexity index is 1140. The summed E-state index contributed by atoms with van der Waals surface area (Å²) in [6.45, 7) is 0.0368. The molecule has 0 saturated heterocycles. The van der Waals surface area contributed by atoms with Crippen molar-refractivity contribution in [3.8, 4) is 16.2 Å². The number of ether oxygens (including phenoxy) is 1. The van der Waals surface area contributed by atoms with E-state index in [2.05, 4.69) is 0 Å². The third-order valence-electron chi connectivity index (χ3n) is 4.43. The van der Waals surface area contributed by atoms with Crippen LogP contribution in [0.1, 0.15) is 5.56 Å². The Morgan fingerprint density at radius 2 is 1.89 bits per heavy atom. The number of rotatable bonds is 4. The van der Waals surface area contributed by atoms with Crippen LogP contribution in [0.2, 0.25) is 0 Å². The van der Waals surface area contributed by atoms with Gasteiger partial charge in [0.1, 0.15) is 5.75 Å². The fourth-order valence-electron chi connectivity index (χ4n) is 3.15. The maximum absolute atomic E-state index is 13.2. The van der Waals surface area contributed by atoms with Gasteiger partial charge < -0.3 is 4.74 Å². The van der Waals surface area contributed by atoms with E-state index in [0.717, 1.165) is 0 Å². The molecular formula is C18H14N2O5S2. The number of sulfonamides is 1. The monoisotopic (exact) mass is 402 g/mol. The maximum Gasteiger partial charge on any atom is 0.278 e. The molecule has 1 aromatic heterocycles. The SMILES string of the molecule is COc1ccc(S(=O)(=O)N2Cc3cccc([N+](=O)[O-])c3-c3sccc32)cc1. The minimum Gasteiger partial charge on any atom is -0.497 e. The van der Waals surface area contributed by atoms with Crippen LogP contribution in [0.5, 0.6) is 5.75 Å². The molecule has 0 radical (unpaired) electrons. The molecule has 0 N–H and O–H groups in total. The van der Waals surface area contributed by atoms with Crippen LogP contribution in [0.15, 0.2) is 58.8 Å². The van der Waals surface area contributed by atoms with Crippen molar-refractivity contribution < 1.29 is 18.1 Å². The van der Waals surface area contributed by atoms with Crippen molar-refractivity contribution in [2.24, 2.45) is 0 Å². The largest absolute Gasteiger partial charge is 0.497 e. The van der Waals surface area contributed by atoms with Gasteiger partial charge in [0.05, 0.1) is 39.6 Å². The van der Waals surface area contributed by atoms with E-state index in [1.807, 2.05) is 0 Å². The maximum atomic E-state index is 13.2. The number of nitro groups is 1. The summed E-state index contributed by atoms with van der Waals surface area (Å²) in [5, 5.41) is 13.2. The summed E-state index contributed by atoms with van der Waals surface area (Å²) < 4.78 is 32.8. The first-order chi connectivity index (χ1) is 12.9. The Kier molecular flexibility index (Phi) is 4.12. The van der Waals surface area contributed by atoms with Crippen LogP contribution < -0.4 is 9.04 Å². The van der Waals surface area contributed by atoms with Crippen molar-refractivity contribution in [3.05, 3.63) is 69.6 Å². The molecule has 0 fully saturated rings. The first kappa shape index (κ1) is 17.5. The van der Waals surface area contributed by atoms with Gasteiger partial charge in [0.2, 0.25) is 0 Å². The zero-order valence-corrected chi connectivity index (χ0v) is 15.8. The van der Waals surface area contributed by atoms with Gasteiger partial charge >= 0.3 is 0 Å². The highest BCUT2D eigenvalue weighted by atomic mass is 32.2. The normalized spacial score (nSPS) is 13.0. The van der Waals surface area contributed by atoms with Crippen LogP contribution in [-0.2, 0) is 16.6 Å². The number of hydrogen-bond acceptors (Lipinski definition) is 6. The molecule has 0 amide bonds. The lowest BCUT2D eigenvalue weighted by atomic mass is 10.00. The van der Waals surface area contributed by atoms with Crippen molar-refractivity contribution in [1.29, 1.82) is 0 Å². The Labute approximate surface area is 159 Å². The summed E-state index contributed by atoms with van der Waals surface area (Å²) >= 11 is 1.29. The highest BCUT2D eigenvalue weighted by Gasteiger charge is 2.35. The average Bonchev–Trinajstić information content (AvgIpc) is 3.16. The van der Waals surface area contributed by atoms with Crippen molar-refractivity contribution >= 4 is 32.7 Å². The van der Waals surface area contributed by atoms with Gasteiger partial charge in [-0.3, -0.25) is 14.4 Å². The summed E-state index contributed by atoms with van der Waals surface area (Å²) in [6, 6.07) is 12.6. The molecule has 138 valence electrons. The second-order valence-electron chi connectivity index (χ2n) is 5.89. The average molecular weight is 402 g/mol. The first-order valence-corrected chi connectivity index (χ1v) is 10.3. The van der Waals surface area contributed by atoms with Gasteiger partial charge in [0.25, 0.3) is 15.7 Å². The summed E-state index contributed by atoms with van der Waals surface area (Å²) in [5.74, 6) is 0.560. The topological polar surface area (TPSA) is 89.8 Å². The molecule has 0 saturated carbocycles. The van der Waals surface area contributed by atoms with Crippen molar-refractivity contribution in [3.63, 3.8) is 0 Å². The molecule has 27 heavy (non-hydrogen) atoms. The standard InChI is InChI=1S/C18H14N2O5S2/c1-25-13-5-7-14(8-6-13)27(23,24)19-11-12-3-2-4-15(20(21)22)17(12)18-16(19)9-10-26-18/h2-10H,11H2,1H3. The minimum absolute atomic E-state index is 0.0160. The second kappa shape index (κ2) is 6.36. The Morgan fingerprint density at radius 3 is 2.56 bits per heavy atom. The molecule has 0 aliphatic carbocycles. The van der Waals surface area contributed by atoms with Crippen molar-refractivity contribution in [1.82, 2.24) is 0 Å². The van der Waals surface area contributed by atoms with E-state index in [0.29, 0.717) is 27.4 Å². The summed E-state index contributed by atoms with van der Waals surface area (Å²) in [6.07, 6.45) is 0. The molecule has 7 nitrogen and oxygen atoms in total. The number of anilines is 1. The van der Waals surface area contributed by atoms with Gasteiger partial charge in [-0.1, -0.05) is 12.1 Å². The smallest absolute Gasteiger partial charge is 0.278 e. The highest BCUT2D eigenvalue weighted by Crippen LogP contribution is 2.48. The summed E-state index contributed by atoms with van der Waals surface area (Å²) in [5.41, 5.74) is 1.54. The fourth-order valence-corrected chi connectivity index (χ4v) is 5.65. The quantitative estimate of drug-likeness (QED) is 0.485. The zero-order chi connectivity index (χ0) is 19.2. The van der Waals surface area contributed by atoms with E-state index in [9.17, 15) is 18.5 Å². The van der Waals surface area contributed by atoms with Crippen LogP contribution in [0.3, 0.4) is 0 Å². The molecule has 2 aromatic carbocycles. The third kappa shape index (κ3) is 2.75. The van der Waals surface area contributed by atoms with Gasteiger partial charge in [0.15, 0.2) is 0 Å². The summed E-state index contributed by atoms with van der Waals surface area (Å²) in [7, 11) is -2.32. The van der Waals surface area contributed by atoms with E-state index in [1.165, 1.54) is 41.0 Å². The zero-order valence-electron chi connectivity index (χ0n) is 14.2. The van der Waals surface area contributed by atoms with E-state index in [1.54, 1.807) is 35.7 Å². The molecule has 2 heterocycles. The molecule has 1 aliphatic heterocycles. The van der Waals surface area contributed by atoms with Crippen LogP contribution in [0.25, 0.3) is 10.4 Å². The number of nitro benzene ring substituents is 1. The van der Waals surface area contributed by atoms with E-state index in [4.69, 9.17) is 4.74 Å². The van der Waals surface area contributed by atoms with Gasteiger partial charge in [-0.05, 0) is 41.3 Å². The number of hydrogen-bond donors (Lipinski definition) is 0. The third-order valence-corrected chi connectivity index (χ3v) is 7.12. The summed E-state index contributed by atoms with van der Waals surface area (Å²) in [4.78, 5) is 11.7. The lowest BCUT2D eigenvalue weighted by molar-refractivity contribution is -0.384. The van der Waals surface area contributed by atoms with Crippen LogP contribution in [0.4, 0.5) is 11.4 Å². The van der Waals surface area contributed by atoms with Crippen LogP contribution in [0, 0.1) is 10.1 Å². The second-order valence-corrected chi connectivity index (χ2v) is 8.67. The Morgan fingerprint density at radius 1 is 1.15 bits per heavy atom. The van der Waals surface area contributed by atoms with E-state index >= 15 is 0 Å². The molecular weight excluding hydrogens is 388 g/mol. The number of fused-ring (bicyclic) bond motifs is 3. The fraction of sp³-hybridized carbons (Fsp3) is 0.111. The van der Waals surface area contributed by atoms with Crippen molar-refractivity contribution in [2.75, 3.05) is 11.4 Å². The lowest BCUT2D eigenvalue weighted by Crippen LogP contribution is -2.32. The Hall–Kier alpha value is -2.91. The van der Waals surface area contributed by atoms with Crippen molar-refractivity contribution in [2.45, 2.75) is 11.4 Å². The molecule has 0 bridgehead atoms. The first-order valence-electron chi connectivity index (χ1n) is 7.94. The number of benzene rings is 2. The highest BCUT2D eigenvalue weighted by molar-refractivity contribution is 7.92. The van der Waals surface area contributed by atoms with Crippen LogP contribution >= 0.6 is 11.3 Å². The number of nitrogens with zero attached hydrogens (tertiary/aromatic N) is 2. The lowest BCUT2D eigenvalue weighted by Gasteiger charge is -2.29. The van der Waals surface area contributed by atoms with Gasteiger partial charge in [0, 0.05) is 6.07 Å². The molecule has 4 rings (SSSR count). The molecule has 1 aliphatic rings. The molecule has 0 atom stereocenters. The number of thiophene rings is 1. The molecule has 9 heteroatoms. The minimum atomic E-state index is -3.83. The van der Waals surface area contributed by atoms with E-state index < -0.39 is 14.9 Å². The number of methoxy groups -OCH3 is 1. The molecule has 0 unspecified atom stereocenters. The van der Waals surface area contributed by atoms with Gasteiger partial charge in [-0.2, -0.15) is 0 Å². The Balaban J connectivity index is 1.85. The van der Waals surface area contributed by atoms with Gasteiger partial charge in [-0.25, -0.2) is 8.42 Å².